The molecule has 3 N–H and O–H groups in total. The predicted molar refractivity (Wildman–Crippen MR) is 109 cm³/mol. The highest BCUT2D eigenvalue weighted by Crippen LogP contribution is 2.33. The van der Waals surface area contributed by atoms with Crippen LogP contribution in [0.5, 0.6) is 0 Å². The van der Waals surface area contributed by atoms with Gasteiger partial charge in [-0.15, -0.1) is 0 Å². The van der Waals surface area contributed by atoms with Crippen molar-refractivity contribution in [3.63, 3.8) is 0 Å². The van der Waals surface area contributed by atoms with Crippen LogP contribution in [0.15, 0.2) is 36.4 Å². The number of halogens is 2. The number of rotatable bonds is 4. The van der Waals surface area contributed by atoms with Gasteiger partial charge in [-0.25, -0.2) is 4.39 Å². The average Bonchev–Trinajstić information content (AvgIpc) is 3.04. The van der Waals surface area contributed by atoms with Gasteiger partial charge in [0.1, 0.15) is 5.82 Å². The maximum absolute atomic E-state index is 13.3. The van der Waals surface area contributed by atoms with Gasteiger partial charge in [0, 0.05) is 37.3 Å². The van der Waals surface area contributed by atoms with E-state index in [1.54, 1.807) is 18.2 Å². The molecular weight excluding hydrogens is 413 g/mol. The summed E-state index contributed by atoms with van der Waals surface area (Å²) in [7, 11) is 0. The number of carbonyl (C=O) groups excluding carboxylic acids is 3. The second kappa shape index (κ2) is 7.70. The molecule has 0 saturated carbocycles. The summed E-state index contributed by atoms with van der Waals surface area (Å²) in [4.78, 5) is 38.3. The zero-order valence-corrected chi connectivity index (χ0v) is 16.6. The number of fused-ring (bicyclic) bond motifs is 1. The maximum Gasteiger partial charge on any atom is 0.268 e. The van der Waals surface area contributed by atoms with Gasteiger partial charge in [-0.2, -0.15) is 0 Å². The normalized spacial score (nSPS) is 20.7. The summed E-state index contributed by atoms with van der Waals surface area (Å²) in [6.07, 6.45) is 0.863. The summed E-state index contributed by atoms with van der Waals surface area (Å²) >= 11 is 5.73. The summed E-state index contributed by atoms with van der Waals surface area (Å²) in [5, 5.41) is 16.0. The Morgan fingerprint density at radius 2 is 2.03 bits per heavy atom. The summed E-state index contributed by atoms with van der Waals surface area (Å²) in [6, 6.07) is 9.18. The number of nitrogens with one attached hydrogen (secondary N) is 2. The number of anilines is 2. The van der Waals surface area contributed by atoms with Gasteiger partial charge in [0.05, 0.1) is 5.02 Å². The van der Waals surface area contributed by atoms with E-state index in [1.165, 1.54) is 23.1 Å². The average molecular weight is 432 g/mol. The molecule has 2 heterocycles. The largest absolute Gasteiger partial charge is 0.372 e. The van der Waals surface area contributed by atoms with Crippen LogP contribution < -0.4 is 15.5 Å². The number of hydrogen-bond acceptors (Lipinski definition) is 4. The Morgan fingerprint density at radius 1 is 1.23 bits per heavy atom. The number of amides is 3. The zero-order chi connectivity index (χ0) is 21.5. The quantitative estimate of drug-likeness (QED) is 0.646. The Labute approximate surface area is 176 Å². The molecule has 3 amide bonds. The van der Waals surface area contributed by atoms with Crippen molar-refractivity contribution in [1.29, 1.82) is 0 Å². The van der Waals surface area contributed by atoms with Gasteiger partial charge >= 0.3 is 0 Å². The van der Waals surface area contributed by atoms with Gasteiger partial charge in [0.25, 0.3) is 11.8 Å². The van der Waals surface area contributed by atoms with E-state index >= 15 is 0 Å². The lowest BCUT2D eigenvalue weighted by molar-refractivity contribution is -0.149. The molecule has 0 bridgehead atoms. The van der Waals surface area contributed by atoms with Crippen LogP contribution in [-0.2, 0) is 27.3 Å². The number of nitrogens with zero attached hydrogens (tertiary/aromatic N) is 1. The van der Waals surface area contributed by atoms with Crippen molar-refractivity contribution in [2.75, 3.05) is 16.8 Å². The van der Waals surface area contributed by atoms with Gasteiger partial charge in [-0.3, -0.25) is 14.4 Å². The Kier molecular flexibility index (Phi) is 5.21. The molecule has 2 aliphatic heterocycles. The molecule has 0 aromatic heterocycles. The highest BCUT2D eigenvalue weighted by atomic mass is 35.5. The van der Waals surface area contributed by atoms with Crippen LogP contribution in [0.2, 0.25) is 5.02 Å². The molecule has 4 rings (SSSR count). The van der Waals surface area contributed by atoms with E-state index in [0.29, 0.717) is 29.8 Å². The minimum atomic E-state index is -2.19. The van der Waals surface area contributed by atoms with Crippen molar-refractivity contribution in [1.82, 2.24) is 5.32 Å². The third-order valence-corrected chi connectivity index (χ3v) is 5.69. The minimum absolute atomic E-state index is 0.00698. The van der Waals surface area contributed by atoms with Crippen molar-refractivity contribution in [2.24, 2.45) is 0 Å². The van der Waals surface area contributed by atoms with Crippen molar-refractivity contribution < 1.29 is 23.9 Å². The lowest BCUT2D eigenvalue weighted by atomic mass is 10.0. The Balaban J connectivity index is 1.46. The van der Waals surface area contributed by atoms with Crippen molar-refractivity contribution >= 4 is 40.7 Å². The molecule has 30 heavy (non-hydrogen) atoms. The number of carbonyl (C=O) groups is 3. The van der Waals surface area contributed by atoms with Crippen LogP contribution >= 0.6 is 11.6 Å². The number of benzene rings is 2. The van der Waals surface area contributed by atoms with E-state index in [-0.39, 0.29) is 30.4 Å². The number of aryl methyl sites for hydroxylation is 1. The summed E-state index contributed by atoms with van der Waals surface area (Å²) in [5.41, 5.74) is 0.510. The first kappa shape index (κ1) is 20.3. The van der Waals surface area contributed by atoms with Crippen LogP contribution in [0.1, 0.15) is 24.0 Å². The minimum Gasteiger partial charge on any atom is -0.372 e. The van der Waals surface area contributed by atoms with Crippen LogP contribution in [0.4, 0.5) is 15.8 Å². The van der Waals surface area contributed by atoms with Gasteiger partial charge in [0.2, 0.25) is 11.5 Å². The summed E-state index contributed by atoms with van der Waals surface area (Å²) < 4.78 is 13.3. The molecule has 1 saturated heterocycles. The van der Waals surface area contributed by atoms with Gasteiger partial charge in [0.15, 0.2) is 0 Å². The molecule has 0 radical (unpaired) electrons. The molecule has 156 valence electrons. The molecule has 7 nitrogen and oxygen atoms in total. The molecule has 1 fully saturated rings. The zero-order valence-electron chi connectivity index (χ0n) is 15.9. The van der Waals surface area contributed by atoms with Crippen LogP contribution in [0, 0.1) is 5.82 Å². The Bertz CT molecular complexity index is 1060. The molecule has 0 unspecified atom stereocenters. The van der Waals surface area contributed by atoms with E-state index < -0.39 is 23.2 Å². The lowest BCUT2D eigenvalue weighted by Gasteiger charge is -2.24. The molecule has 2 aliphatic rings. The monoisotopic (exact) mass is 431 g/mol. The van der Waals surface area contributed by atoms with Crippen molar-refractivity contribution in [3.8, 4) is 0 Å². The molecule has 9 heteroatoms. The second-order valence-electron chi connectivity index (χ2n) is 7.39. The topological polar surface area (TPSA) is 98.7 Å². The number of hydrogen-bond donors (Lipinski definition) is 3. The molecule has 2 aromatic rings. The molecule has 0 spiro atoms. The molecule has 1 atom stereocenters. The van der Waals surface area contributed by atoms with Crippen LogP contribution in [0.3, 0.4) is 0 Å². The highest BCUT2D eigenvalue weighted by Gasteiger charge is 2.51. The first-order valence-corrected chi connectivity index (χ1v) is 9.85. The fourth-order valence-corrected chi connectivity index (χ4v) is 3.88. The third kappa shape index (κ3) is 3.64. The fourth-order valence-electron chi connectivity index (χ4n) is 3.68. The van der Waals surface area contributed by atoms with E-state index in [4.69, 9.17) is 11.6 Å². The Hall–Kier alpha value is -2.97. The smallest absolute Gasteiger partial charge is 0.268 e. The fraction of sp³-hybridized carbons (Fsp3) is 0.286. The van der Waals surface area contributed by atoms with Crippen molar-refractivity contribution in [2.45, 2.75) is 31.4 Å². The highest BCUT2D eigenvalue weighted by molar-refractivity contribution is 6.30. The van der Waals surface area contributed by atoms with E-state index in [0.717, 1.165) is 5.56 Å². The van der Waals surface area contributed by atoms with Crippen LogP contribution in [0.25, 0.3) is 0 Å². The van der Waals surface area contributed by atoms with Gasteiger partial charge in [-0.1, -0.05) is 17.7 Å². The first-order chi connectivity index (χ1) is 14.3. The third-order valence-electron chi connectivity index (χ3n) is 5.40. The van der Waals surface area contributed by atoms with Gasteiger partial charge in [-0.05, 0) is 47.9 Å². The lowest BCUT2D eigenvalue weighted by Crippen LogP contribution is -2.52. The first-order valence-electron chi connectivity index (χ1n) is 9.47. The van der Waals surface area contributed by atoms with E-state index in [2.05, 4.69) is 10.6 Å². The van der Waals surface area contributed by atoms with E-state index in [9.17, 15) is 23.9 Å². The summed E-state index contributed by atoms with van der Waals surface area (Å²) in [5.74, 6) is -2.16. The molecular formula is C21H19ClFN3O4. The second-order valence-corrected chi connectivity index (χ2v) is 7.80. The summed E-state index contributed by atoms with van der Waals surface area (Å²) in [6.45, 7) is 0.170. The maximum atomic E-state index is 13.3. The SMILES string of the molecule is O=C1CCc2cc(N3CC[C@](O)(C(=O)NCc4ccc(F)c(Cl)c4)C3=O)ccc2N1. The molecule has 0 aliphatic carbocycles. The molecule has 2 aromatic carbocycles. The number of aliphatic hydroxyl groups is 1. The van der Waals surface area contributed by atoms with Crippen LogP contribution in [-0.4, -0.2) is 35.0 Å². The standard InChI is InChI=1S/C21H19ClFN3O4/c22-15-9-12(1-4-16(15)23)11-24-19(28)21(30)7-8-26(20(21)29)14-3-5-17-13(10-14)2-6-18(27)25-17/h1,3-5,9-10,30H,2,6-8,11H2,(H,24,28)(H,25,27)/t21-/m0/s1. The Morgan fingerprint density at radius 3 is 2.80 bits per heavy atom. The predicted octanol–water partition coefficient (Wildman–Crippen LogP) is 2.15. The van der Waals surface area contributed by atoms with E-state index in [1.807, 2.05) is 0 Å². The van der Waals surface area contributed by atoms with Gasteiger partial charge < -0.3 is 20.6 Å². The van der Waals surface area contributed by atoms with Crippen molar-refractivity contribution in [3.05, 3.63) is 58.4 Å².